The van der Waals surface area contributed by atoms with Gasteiger partial charge in [-0.2, -0.15) is 8.78 Å². The summed E-state index contributed by atoms with van der Waals surface area (Å²) in [6.07, 6.45) is 2.08. The Morgan fingerprint density at radius 2 is 1.63 bits per heavy atom. The molecule has 0 radical (unpaired) electrons. The topological polar surface area (TPSA) is 106 Å². The fourth-order valence-corrected chi connectivity index (χ4v) is 4.29. The van der Waals surface area contributed by atoms with E-state index >= 15 is 8.78 Å². The van der Waals surface area contributed by atoms with Gasteiger partial charge >= 0.3 is 5.92 Å². The molecule has 1 atom stereocenters. The van der Waals surface area contributed by atoms with E-state index in [2.05, 4.69) is 32.4 Å². The molecular formula is C31H23F4N5O3. The van der Waals surface area contributed by atoms with E-state index in [1.54, 1.807) is 24.3 Å². The van der Waals surface area contributed by atoms with Crippen molar-refractivity contribution in [1.29, 1.82) is 0 Å². The second-order valence-corrected chi connectivity index (χ2v) is 9.54. The summed E-state index contributed by atoms with van der Waals surface area (Å²) in [4.78, 5) is 3.80. The van der Waals surface area contributed by atoms with Crippen molar-refractivity contribution in [2.75, 3.05) is 0 Å². The Morgan fingerprint density at radius 1 is 0.884 bits per heavy atom. The summed E-state index contributed by atoms with van der Waals surface area (Å²) < 4.78 is 66.5. The fourth-order valence-electron chi connectivity index (χ4n) is 4.29. The van der Waals surface area contributed by atoms with Crippen LogP contribution >= 0.6 is 0 Å². The molecule has 3 aromatic carbocycles. The highest BCUT2D eigenvalue weighted by atomic mass is 19.3. The molecule has 0 bridgehead atoms. The molecule has 5 aromatic rings. The van der Waals surface area contributed by atoms with Crippen molar-refractivity contribution in [3.8, 4) is 17.6 Å². The molecule has 0 fully saturated rings. The largest absolute Gasteiger partial charge is 0.489 e. The molecule has 43 heavy (non-hydrogen) atoms. The zero-order valence-corrected chi connectivity index (χ0v) is 22.3. The van der Waals surface area contributed by atoms with Crippen LogP contribution in [0.25, 0.3) is 0 Å². The molecule has 2 aromatic heterocycles. The monoisotopic (exact) mass is 589 g/mol. The van der Waals surface area contributed by atoms with Gasteiger partial charge in [-0.25, -0.2) is 13.5 Å². The van der Waals surface area contributed by atoms with Gasteiger partial charge in [-0.1, -0.05) is 36.1 Å². The van der Waals surface area contributed by atoms with Crippen LogP contribution in [0, 0.1) is 23.5 Å². The molecule has 1 unspecified atom stereocenters. The lowest BCUT2D eigenvalue weighted by Gasteiger charge is -2.35. The predicted octanol–water partition coefficient (Wildman–Crippen LogP) is 4.50. The minimum absolute atomic E-state index is 0.0536. The zero-order chi connectivity index (χ0) is 30.5. The van der Waals surface area contributed by atoms with E-state index in [0.717, 1.165) is 46.5 Å². The summed E-state index contributed by atoms with van der Waals surface area (Å²) >= 11 is 0. The van der Waals surface area contributed by atoms with E-state index in [1.807, 2.05) is 24.3 Å². The normalized spacial score (nSPS) is 12.7. The van der Waals surface area contributed by atoms with Gasteiger partial charge in [0.15, 0.2) is 5.60 Å². The van der Waals surface area contributed by atoms with Crippen molar-refractivity contribution < 1.29 is 32.5 Å². The number of aliphatic hydroxyl groups excluding tert-OH is 1. The van der Waals surface area contributed by atoms with Crippen molar-refractivity contribution in [2.24, 2.45) is 0 Å². The van der Waals surface area contributed by atoms with Crippen LogP contribution in [0.15, 0.2) is 91.4 Å². The third kappa shape index (κ3) is 6.53. The van der Waals surface area contributed by atoms with E-state index < -0.39 is 41.0 Å². The van der Waals surface area contributed by atoms with E-state index in [4.69, 9.17) is 4.74 Å². The first-order valence-corrected chi connectivity index (χ1v) is 12.8. The van der Waals surface area contributed by atoms with Crippen molar-refractivity contribution >= 4 is 0 Å². The molecule has 2 heterocycles. The van der Waals surface area contributed by atoms with E-state index in [9.17, 15) is 19.0 Å². The molecule has 12 heteroatoms. The number of hydrogen-bond donors (Lipinski definition) is 2. The van der Waals surface area contributed by atoms with Gasteiger partial charge < -0.3 is 14.9 Å². The molecule has 0 spiro atoms. The third-order valence-corrected chi connectivity index (χ3v) is 6.55. The number of nitrogens with zero attached hydrogens (tertiary/aromatic N) is 5. The molecule has 5 rings (SSSR count). The Kier molecular flexibility index (Phi) is 8.47. The minimum Gasteiger partial charge on any atom is -0.489 e. The number of tetrazole rings is 1. The van der Waals surface area contributed by atoms with E-state index in [-0.39, 0.29) is 6.61 Å². The van der Waals surface area contributed by atoms with Gasteiger partial charge in [-0.3, -0.25) is 4.98 Å². The number of ether oxygens (including phenoxy) is 1. The average molecular weight is 590 g/mol. The molecule has 0 saturated heterocycles. The van der Waals surface area contributed by atoms with Crippen LogP contribution in [0.1, 0.15) is 33.5 Å². The average Bonchev–Trinajstić information content (AvgIpc) is 3.52. The molecule has 8 nitrogen and oxygen atoms in total. The lowest BCUT2D eigenvalue weighted by molar-refractivity contribution is -0.207. The summed E-state index contributed by atoms with van der Waals surface area (Å²) in [7, 11) is 0. The number of aliphatic hydroxyl groups is 2. The van der Waals surface area contributed by atoms with Crippen molar-refractivity contribution in [1.82, 2.24) is 25.2 Å². The van der Waals surface area contributed by atoms with Gasteiger partial charge in [0, 0.05) is 29.0 Å². The summed E-state index contributed by atoms with van der Waals surface area (Å²) in [6, 6.07) is 18.5. The quantitative estimate of drug-likeness (QED) is 0.193. The fraction of sp³-hybridized carbons (Fsp3) is 0.161. The highest BCUT2D eigenvalue weighted by Gasteiger charge is 2.58. The molecule has 0 aliphatic heterocycles. The van der Waals surface area contributed by atoms with Crippen molar-refractivity contribution in [3.63, 3.8) is 0 Å². The van der Waals surface area contributed by atoms with Crippen LogP contribution in [-0.2, 0) is 31.3 Å². The van der Waals surface area contributed by atoms with Crippen LogP contribution in [-0.4, -0.2) is 35.4 Å². The highest BCUT2D eigenvalue weighted by molar-refractivity contribution is 5.44. The first-order chi connectivity index (χ1) is 20.7. The second-order valence-electron chi connectivity index (χ2n) is 9.54. The number of alkyl halides is 2. The van der Waals surface area contributed by atoms with Crippen LogP contribution in [0.3, 0.4) is 0 Å². The zero-order valence-electron chi connectivity index (χ0n) is 22.3. The first-order valence-electron chi connectivity index (χ1n) is 12.8. The lowest BCUT2D eigenvalue weighted by atomic mass is 9.84. The Hall–Kier alpha value is -5.12. The maximum Gasteiger partial charge on any atom is 0.323 e. The highest BCUT2D eigenvalue weighted by Crippen LogP contribution is 2.46. The molecule has 0 aliphatic rings. The smallest absolute Gasteiger partial charge is 0.323 e. The van der Waals surface area contributed by atoms with Gasteiger partial charge in [0.25, 0.3) is 0 Å². The summed E-state index contributed by atoms with van der Waals surface area (Å²) in [5.41, 5.74) is -2.32. The number of pyridine rings is 1. The molecule has 218 valence electrons. The summed E-state index contributed by atoms with van der Waals surface area (Å²) in [5.74, 6) is -0.177. The van der Waals surface area contributed by atoms with Gasteiger partial charge in [0.1, 0.15) is 36.0 Å². The minimum atomic E-state index is -4.17. The molecular weight excluding hydrogens is 566 g/mol. The summed E-state index contributed by atoms with van der Waals surface area (Å²) in [5, 5.41) is 30.7. The van der Waals surface area contributed by atoms with Gasteiger partial charge in [-0.15, -0.1) is 5.10 Å². The number of halogens is 4. The maximum atomic E-state index is 15.9. The van der Waals surface area contributed by atoms with Gasteiger partial charge in [-0.05, 0) is 70.1 Å². The standard InChI is InChI=1S/C31H23F4N5O3/c32-25-9-12-27(28(33)15-25)30(42,19-40-20-37-38-39-40)31(34,35)29-13-8-22(16-36-29)5-4-21-6-10-26(11-7-21)43-18-24-3-1-2-23(14-24)17-41/h1-3,6-16,20,41-42H,17-19H2. The van der Waals surface area contributed by atoms with Crippen LogP contribution < -0.4 is 4.74 Å². The number of aromatic nitrogens is 5. The molecule has 0 saturated carbocycles. The number of benzene rings is 3. The van der Waals surface area contributed by atoms with Crippen molar-refractivity contribution in [3.05, 3.63) is 137 Å². The van der Waals surface area contributed by atoms with E-state index in [0.29, 0.717) is 29.5 Å². The Morgan fingerprint density at radius 3 is 2.30 bits per heavy atom. The molecule has 0 amide bonds. The predicted molar refractivity (Wildman–Crippen MR) is 145 cm³/mol. The lowest BCUT2D eigenvalue weighted by Crippen LogP contribution is -2.48. The Bertz CT molecular complexity index is 1760. The Balaban J connectivity index is 1.32. The van der Waals surface area contributed by atoms with Crippen molar-refractivity contribution in [2.45, 2.75) is 31.3 Å². The first kappa shape index (κ1) is 29.4. The Labute approximate surface area is 243 Å². The van der Waals surface area contributed by atoms with Crippen LogP contribution in [0.2, 0.25) is 0 Å². The van der Waals surface area contributed by atoms with Crippen LogP contribution in [0.5, 0.6) is 5.75 Å². The SMILES string of the molecule is OCc1cccc(COc2ccc(C#Cc3ccc(C(F)(F)C(O)(Cn4cnnn4)c4ccc(F)cc4F)nc3)cc2)c1. The van der Waals surface area contributed by atoms with Gasteiger partial charge in [0.05, 0.1) is 13.2 Å². The maximum absolute atomic E-state index is 15.9. The molecule has 2 N–H and O–H groups in total. The third-order valence-electron chi connectivity index (χ3n) is 6.55. The number of hydrogen-bond acceptors (Lipinski definition) is 7. The van der Waals surface area contributed by atoms with Gasteiger partial charge in [0.2, 0.25) is 0 Å². The molecule has 0 aliphatic carbocycles. The summed E-state index contributed by atoms with van der Waals surface area (Å²) in [6.45, 7) is -0.685. The second kappa shape index (κ2) is 12.4. The van der Waals surface area contributed by atoms with E-state index in [1.165, 1.54) is 6.07 Å². The van der Waals surface area contributed by atoms with Crippen LogP contribution in [0.4, 0.5) is 17.6 Å². The number of rotatable bonds is 9.